The zero-order chi connectivity index (χ0) is 29.7. The third-order valence-corrected chi connectivity index (χ3v) is 7.02. The van der Waals surface area contributed by atoms with Crippen LogP contribution in [-0.2, 0) is 9.53 Å². The molecule has 1 aliphatic carbocycles. The van der Waals surface area contributed by atoms with Crippen LogP contribution in [0.25, 0.3) is 5.57 Å². The van der Waals surface area contributed by atoms with E-state index in [2.05, 4.69) is 5.32 Å². The van der Waals surface area contributed by atoms with Gasteiger partial charge in [-0.2, -0.15) is 13.2 Å². The fraction of sp³-hybridized carbons (Fsp3) is 0.438. The third-order valence-electron chi connectivity index (χ3n) is 7.02. The summed E-state index contributed by atoms with van der Waals surface area (Å²) in [7, 11) is 0. The summed E-state index contributed by atoms with van der Waals surface area (Å²) in [5.74, 6) is -1.48. The highest BCUT2D eigenvalue weighted by Gasteiger charge is 2.57. The number of carbonyl (C=O) groups is 2. The number of benzene rings is 2. The molecule has 2 aromatic rings. The maximum absolute atomic E-state index is 14.9. The third kappa shape index (κ3) is 7.84. The van der Waals surface area contributed by atoms with Crippen molar-refractivity contribution in [1.82, 2.24) is 5.32 Å². The molecule has 0 spiro atoms. The van der Waals surface area contributed by atoms with E-state index >= 15 is 0 Å². The van der Waals surface area contributed by atoms with Gasteiger partial charge in [0.05, 0.1) is 12.5 Å². The van der Waals surface area contributed by atoms with Crippen molar-refractivity contribution in [3.8, 4) is 0 Å². The molecule has 1 amide bonds. The predicted octanol–water partition coefficient (Wildman–Crippen LogP) is 7.90. The number of nitrogens with one attached hydrogen (secondary N) is 1. The number of ether oxygens (including phenoxy) is 1. The fourth-order valence-electron chi connectivity index (χ4n) is 5.04. The van der Waals surface area contributed by atoms with Gasteiger partial charge < -0.3 is 15.2 Å². The number of carboxylic acid groups (broad SMARTS) is 1. The summed E-state index contributed by atoms with van der Waals surface area (Å²) in [4.78, 5) is 23.1. The smallest absolute Gasteiger partial charge is 0.421 e. The lowest BCUT2D eigenvalue weighted by Crippen LogP contribution is -2.48. The molecule has 2 aromatic carbocycles. The molecule has 1 aliphatic rings. The van der Waals surface area contributed by atoms with Crippen LogP contribution in [0, 0.1) is 5.41 Å². The molecule has 0 bridgehead atoms. The summed E-state index contributed by atoms with van der Waals surface area (Å²) in [5, 5.41) is 11.3. The van der Waals surface area contributed by atoms with Crippen molar-refractivity contribution < 1.29 is 32.6 Å². The number of allylic oxidation sites excluding steroid dienone is 2. The molecule has 0 saturated carbocycles. The number of aliphatic carboxylic acids is 1. The van der Waals surface area contributed by atoms with E-state index in [-0.39, 0.29) is 30.4 Å². The summed E-state index contributed by atoms with van der Waals surface area (Å²) in [6, 6.07) is 15.7. The first-order valence-electron chi connectivity index (χ1n) is 13.4. The van der Waals surface area contributed by atoms with Crippen molar-refractivity contribution in [3.63, 3.8) is 0 Å². The van der Waals surface area contributed by atoms with Gasteiger partial charge in [0.25, 0.3) is 5.91 Å². The monoisotopic (exact) mass is 557 g/mol. The molecule has 2 unspecified atom stereocenters. The summed E-state index contributed by atoms with van der Waals surface area (Å²) in [6.07, 6.45) is -3.88. The average Bonchev–Trinajstić information content (AvgIpc) is 2.85. The molecule has 40 heavy (non-hydrogen) atoms. The van der Waals surface area contributed by atoms with Gasteiger partial charge in [0.1, 0.15) is 0 Å². The van der Waals surface area contributed by atoms with Crippen LogP contribution in [0.3, 0.4) is 0 Å². The highest BCUT2D eigenvalue weighted by atomic mass is 19.4. The number of alkyl halides is 3. The van der Waals surface area contributed by atoms with Crippen molar-refractivity contribution in [2.75, 3.05) is 6.54 Å². The maximum Gasteiger partial charge on any atom is 0.421 e. The van der Waals surface area contributed by atoms with Gasteiger partial charge in [0, 0.05) is 18.5 Å². The second-order valence-electron chi connectivity index (χ2n) is 11.6. The van der Waals surface area contributed by atoms with Crippen LogP contribution in [0.4, 0.5) is 13.2 Å². The first kappa shape index (κ1) is 31.1. The largest absolute Gasteiger partial charge is 0.481 e. The molecular formula is C32H38F3NO4. The molecular weight excluding hydrogens is 519 g/mol. The Kier molecular flexibility index (Phi) is 9.67. The Labute approximate surface area is 234 Å². The Morgan fingerprint density at radius 3 is 2.17 bits per heavy atom. The second-order valence-corrected chi connectivity index (χ2v) is 11.6. The average molecular weight is 558 g/mol. The van der Waals surface area contributed by atoms with E-state index in [9.17, 15) is 22.8 Å². The van der Waals surface area contributed by atoms with E-state index < -0.39 is 29.8 Å². The van der Waals surface area contributed by atoms with Crippen LogP contribution >= 0.6 is 0 Å². The van der Waals surface area contributed by atoms with E-state index in [0.717, 1.165) is 11.1 Å². The lowest BCUT2D eigenvalue weighted by molar-refractivity contribution is -0.273. The minimum Gasteiger partial charge on any atom is -0.481 e. The van der Waals surface area contributed by atoms with Gasteiger partial charge in [-0.25, -0.2) is 0 Å². The fourth-order valence-corrected chi connectivity index (χ4v) is 5.04. The second kappa shape index (κ2) is 12.4. The normalized spacial score (nSPS) is 18.8. The molecule has 0 aromatic heterocycles. The van der Waals surface area contributed by atoms with E-state index in [1.165, 1.54) is 18.2 Å². The zero-order valence-corrected chi connectivity index (χ0v) is 23.7. The number of amides is 1. The molecule has 2 N–H and O–H groups in total. The van der Waals surface area contributed by atoms with Crippen molar-refractivity contribution in [1.29, 1.82) is 0 Å². The SMILES string of the molecule is CC1=CC(OC(CCC(C)(C)C)c2ccc(C(=O)NCCC(=O)O)cc2)(C(F)(F)F)CC(C)=C1c1ccccc1. The maximum atomic E-state index is 14.9. The van der Waals surface area contributed by atoms with Gasteiger partial charge in [0.2, 0.25) is 0 Å². The highest BCUT2D eigenvalue weighted by Crippen LogP contribution is 2.49. The Morgan fingerprint density at radius 2 is 1.65 bits per heavy atom. The van der Waals surface area contributed by atoms with Crippen LogP contribution < -0.4 is 5.32 Å². The van der Waals surface area contributed by atoms with Crippen LogP contribution in [0.1, 0.15) is 87.9 Å². The van der Waals surface area contributed by atoms with Gasteiger partial charge in [-0.05, 0) is 72.6 Å². The number of halogens is 3. The molecule has 0 aliphatic heterocycles. The van der Waals surface area contributed by atoms with E-state index in [4.69, 9.17) is 9.84 Å². The molecule has 8 heteroatoms. The number of hydrogen-bond acceptors (Lipinski definition) is 3. The zero-order valence-electron chi connectivity index (χ0n) is 23.7. The summed E-state index contributed by atoms with van der Waals surface area (Å²) < 4.78 is 50.8. The Balaban J connectivity index is 1.94. The highest BCUT2D eigenvalue weighted by molar-refractivity contribution is 5.94. The van der Waals surface area contributed by atoms with Crippen LogP contribution in [0.2, 0.25) is 0 Å². The molecule has 0 saturated heterocycles. The minimum absolute atomic E-state index is 0.0230. The molecule has 0 fully saturated rings. The molecule has 0 radical (unpaired) electrons. The van der Waals surface area contributed by atoms with Gasteiger partial charge in [0.15, 0.2) is 5.60 Å². The van der Waals surface area contributed by atoms with E-state index in [0.29, 0.717) is 29.6 Å². The summed E-state index contributed by atoms with van der Waals surface area (Å²) in [5.41, 5.74) is 0.965. The van der Waals surface area contributed by atoms with Crippen molar-refractivity contribution >= 4 is 17.4 Å². The van der Waals surface area contributed by atoms with Crippen molar-refractivity contribution in [3.05, 3.63) is 88.5 Å². The summed E-state index contributed by atoms with van der Waals surface area (Å²) >= 11 is 0. The predicted molar refractivity (Wildman–Crippen MR) is 150 cm³/mol. The first-order valence-corrected chi connectivity index (χ1v) is 13.4. The standard InChI is InChI=1S/C32H38F3NO4/c1-21-19-31(32(33,34)35,20-22(2)28(21)24-9-7-6-8-10-24)40-26(15-17-30(3,4)5)23-11-13-25(14-12-23)29(39)36-18-16-27(37)38/h6-14,19,26H,15-18,20H2,1-5H3,(H,36,39)(H,37,38). The van der Waals surface area contributed by atoms with Gasteiger partial charge in [-0.3, -0.25) is 9.59 Å². The van der Waals surface area contributed by atoms with Crippen LogP contribution in [-0.4, -0.2) is 35.3 Å². The molecule has 216 valence electrons. The first-order chi connectivity index (χ1) is 18.6. The summed E-state index contributed by atoms with van der Waals surface area (Å²) in [6.45, 7) is 9.47. The van der Waals surface area contributed by atoms with E-state index in [1.807, 2.05) is 51.1 Å². The minimum atomic E-state index is -4.66. The number of hydrogen-bond donors (Lipinski definition) is 2. The lowest BCUT2D eigenvalue weighted by atomic mass is 9.79. The number of rotatable bonds is 10. The Hall–Kier alpha value is -3.39. The molecule has 2 atom stereocenters. The van der Waals surface area contributed by atoms with Gasteiger partial charge >= 0.3 is 12.1 Å². The van der Waals surface area contributed by atoms with Crippen molar-refractivity contribution in [2.24, 2.45) is 5.41 Å². The van der Waals surface area contributed by atoms with Crippen molar-refractivity contribution in [2.45, 2.75) is 78.2 Å². The number of carboxylic acids is 1. The Bertz CT molecular complexity index is 1260. The molecule has 3 rings (SSSR count). The molecule has 5 nitrogen and oxygen atoms in total. The molecule has 0 heterocycles. The lowest BCUT2D eigenvalue weighted by Gasteiger charge is -2.41. The number of carbonyl (C=O) groups excluding carboxylic acids is 1. The van der Waals surface area contributed by atoms with E-state index in [1.54, 1.807) is 26.0 Å². The van der Waals surface area contributed by atoms with Crippen LogP contribution in [0.5, 0.6) is 0 Å². The Morgan fingerprint density at radius 1 is 1.02 bits per heavy atom. The van der Waals surface area contributed by atoms with Crippen LogP contribution in [0.15, 0.2) is 71.8 Å². The van der Waals surface area contributed by atoms with Gasteiger partial charge in [-0.15, -0.1) is 0 Å². The van der Waals surface area contributed by atoms with Gasteiger partial charge in [-0.1, -0.05) is 68.8 Å². The quantitative estimate of drug-likeness (QED) is 0.311. The topological polar surface area (TPSA) is 75.6 Å².